The van der Waals surface area contributed by atoms with Gasteiger partial charge in [-0.15, -0.1) is 0 Å². The van der Waals surface area contributed by atoms with Crippen LogP contribution < -0.4 is 0 Å². The van der Waals surface area contributed by atoms with Crippen molar-refractivity contribution < 1.29 is 4.79 Å². The van der Waals surface area contributed by atoms with Gasteiger partial charge in [0.1, 0.15) is 0 Å². The first-order chi connectivity index (χ1) is 10.1. The van der Waals surface area contributed by atoms with Crippen LogP contribution in [0.5, 0.6) is 0 Å². The molecule has 2 aromatic carbocycles. The average Bonchev–Trinajstić information content (AvgIpc) is 2.45. The van der Waals surface area contributed by atoms with E-state index < -0.39 is 0 Å². The molecular weight excluding hydrogens is 258 g/mol. The van der Waals surface area contributed by atoms with Crippen LogP contribution in [0, 0.1) is 20.8 Å². The largest absolute Gasteiger partial charge is 0.289 e. The van der Waals surface area contributed by atoms with Gasteiger partial charge in [0.15, 0.2) is 5.78 Å². The molecule has 0 saturated carbocycles. The SMILES string of the molecule is Cc1cc(C)c(C(=O)c2cnc3ccccc3c2)c(C)c1. The Kier molecular flexibility index (Phi) is 3.30. The first-order valence-electron chi connectivity index (χ1n) is 7.03. The lowest BCUT2D eigenvalue weighted by atomic mass is 9.93. The predicted octanol–water partition coefficient (Wildman–Crippen LogP) is 4.39. The van der Waals surface area contributed by atoms with Crippen LogP contribution in [0.15, 0.2) is 48.7 Å². The van der Waals surface area contributed by atoms with Crippen LogP contribution in [-0.2, 0) is 0 Å². The van der Waals surface area contributed by atoms with Crippen LogP contribution >= 0.6 is 0 Å². The Morgan fingerprint density at radius 3 is 2.33 bits per heavy atom. The van der Waals surface area contributed by atoms with Crippen molar-refractivity contribution in [2.24, 2.45) is 0 Å². The number of aryl methyl sites for hydroxylation is 3. The molecule has 2 nitrogen and oxygen atoms in total. The van der Waals surface area contributed by atoms with Gasteiger partial charge in [0.25, 0.3) is 0 Å². The molecule has 21 heavy (non-hydrogen) atoms. The van der Waals surface area contributed by atoms with Gasteiger partial charge in [0.05, 0.1) is 5.52 Å². The molecule has 0 amide bonds. The molecule has 0 atom stereocenters. The van der Waals surface area contributed by atoms with Gasteiger partial charge in [-0.3, -0.25) is 9.78 Å². The van der Waals surface area contributed by atoms with Crippen LogP contribution in [0.25, 0.3) is 10.9 Å². The van der Waals surface area contributed by atoms with Crippen molar-refractivity contribution in [3.63, 3.8) is 0 Å². The quantitative estimate of drug-likeness (QED) is 0.649. The van der Waals surface area contributed by atoms with Gasteiger partial charge >= 0.3 is 0 Å². The Balaban J connectivity index is 2.12. The highest BCUT2D eigenvalue weighted by molar-refractivity contribution is 6.11. The van der Waals surface area contributed by atoms with Gasteiger partial charge < -0.3 is 0 Å². The highest BCUT2D eigenvalue weighted by atomic mass is 16.1. The summed E-state index contributed by atoms with van der Waals surface area (Å²) in [7, 11) is 0. The highest BCUT2D eigenvalue weighted by Gasteiger charge is 2.15. The number of pyridine rings is 1. The lowest BCUT2D eigenvalue weighted by molar-refractivity contribution is 0.103. The maximum Gasteiger partial charge on any atom is 0.195 e. The van der Waals surface area contributed by atoms with Crippen LogP contribution in [0.4, 0.5) is 0 Å². The number of hydrogen-bond donors (Lipinski definition) is 0. The molecule has 0 bridgehead atoms. The predicted molar refractivity (Wildman–Crippen MR) is 85.8 cm³/mol. The third-order valence-corrected chi connectivity index (χ3v) is 3.76. The van der Waals surface area contributed by atoms with Crippen molar-refractivity contribution in [2.45, 2.75) is 20.8 Å². The topological polar surface area (TPSA) is 30.0 Å². The van der Waals surface area contributed by atoms with E-state index in [4.69, 9.17) is 0 Å². The molecule has 3 aromatic rings. The minimum absolute atomic E-state index is 0.0447. The minimum atomic E-state index is 0.0447. The summed E-state index contributed by atoms with van der Waals surface area (Å²) >= 11 is 0. The summed E-state index contributed by atoms with van der Waals surface area (Å²) in [5.74, 6) is 0.0447. The third kappa shape index (κ3) is 2.45. The number of fused-ring (bicyclic) bond motifs is 1. The summed E-state index contributed by atoms with van der Waals surface area (Å²) < 4.78 is 0. The molecule has 104 valence electrons. The second kappa shape index (κ2) is 5.13. The summed E-state index contributed by atoms with van der Waals surface area (Å²) in [4.78, 5) is 17.2. The van der Waals surface area contributed by atoms with E-state index in [0.717, 1.165) is 27.6 Å². The Labute approximate surface area is 124 Å². The van der Waals surface area contributed by atoms with E-state index in [1.54, 1.807) is 6.20 Å². The first kappa shape index (κ1) is 13.5. The Bertz CT molecular complexity index is 826. The molecule has 0 saturated heterocycles. The maximum absolute atomic E-state index is 12.8. The van der Waals surface area contributed by atoms with E-state index in [0.29, 0.717) is 5.56 Å². The Morgan fingerprint density at radius 1 is 0.952 bits per heavy atom. The summed E-state index contributed by atoms with van der Waals surface area (Å²) in [6, 6.07) is 13.9. The summed E-state index contributed by atoms with van der Waals surface area (Å²) in [6.45, 7) is 6.02. The lowest BCUT2D eigenvalue weighted by Gasteiger charge is -2.10. The maximum atomic E-state index is 12.8. The molecule has 0 aliphatic carbocycles. The molecule has 3 rings (SSSR count). The molecule has 0 aliphatic rings. The van der Waals surface area contributed by atoms with Gasteiger partial charge in [0.2, 0.25) is 0 Å². The normalized spacial score (nSPS) is 10.8. The van der Waals surface area contributed by atoms with Crippen LogP contribution in [0.1, 0.15) is 32.6 Å². The van der Waals surface area contributed by atoms with Crippen molar-refractivity contribution in [3.05, 3.63) is 76.5 Å². The fourth-order valence-corrected chi connectivity index (χ4v) is 2.88. The van der Waals surface area contributed by atoms with E-state index in [2.05, 4.69) is 17.1 Å². The Hall–Kier alpha value is -2.48. The molecule has 1 heterocycles. The van der Waals surface area contributed by atoms with E-state index in [1.165, 1.54) is 5.56 Å². The zero-order chi connectivity index (χ0) is 15.0. The molecule has 0 spiro atoms. The number of carbonyl (C=O) groups is 1. The lowest BCUT2D eigenvalue weighted by Crippen LogP contribution is -2.07. The van der Waals surface area contributed by atoms with Crippen molar-refractivity contribution in [3.8, 4) is 0 Å². The molecular formula is C19H17NO. The molecule has 0 radical (unpaired) electrons. The fraction of sp³-hybridized carbons (Fsp3) is 0.158. The third-order valence-electron chi connectivity index (χ3n) is 3.76. The van der Waals surface area contributed by atoms with Crippen molar-refractivity contribution in [1.82, 2.24) is 4.98 Å². The second-order valence-corrected chi connectivity index (χ2v) is 5.52. The van der Waals surface area contributed by atoms with Crippen LogP contribution in [0.2, 0.25) is 0 Å². The monoisotopic (exact) mass is 275 g/mol. The standard InChI is InChI=1S/C19H17NO/c1-12-8-13(2)18(14(3)9-12)19(21)16-10-15-6-4-5-7-17(15)20-11-16/h4-11H,1-3H3. The molecule has 0 fully saturated rings. The Morgan fingerprint density at radius 2 is 1.62 bits per heavy atom. The van der Waals surface area contributed by atoms with Crippen molar-refractivity contribution in [1.29, 1.82) is 0 Å². The number of hydrogen-bond acceptors (Lipinski definition) is 2. The zero-order valence-electron chi connectivity index (χ0n) is 12.5. The van der Waals surface area contributed by atoms with Crippen molar-refractivity contribution in [2.75, 3.05) is 0 Å². The first-order valence-corrected chi connectivity index (χ1v) is 7.03. The molecule has 1 aromatic heterocycles. The fourth-order valence-electron chi connectivity index (χ4n) is 2.88. The van der Waals surface area contributed by atoms with E-state index in [1.807, 2.05) is 51.1 Å². The van der Waals surface area contributed by atoms with Crippen LogP contribution in [-0.4, -0.2) is 10.8 Å². The number of benzene rings is 2. The van der Waals surface area contributed by atoms with Gasteiger partial charge in [-0.25, -0.2) is 0 Å². The number of rotatable bonds is 2. The molecule has 0 unspecified atom stereocenters. The number of ketones is 1. The second-order valence-electron chi connectivity index (χ2n) is 5.52. The summed E-state index contributed by atoms with van der Waals surface area (Å²) in [5, 5.41) is 0.991. The van der Waals surface area contributed by atoms with E-state index in [9.17, 15) is 4.79 Å². The molecule has 0 aliphatic heterocycles. The van der Waals surface area contributed by atoms with Gasteiger partial charge in [-0.2, -0.15) is 0 Å². The van der Waals surface area contributed by atoms with Gasteiger partial charge in [-0.1, -0.05) is 35.9 Å². The summed E-state index contributed by atoms with van der Waals surface area (Å²) in [6.07, 6.45) is 1.67. The zero-order valence-corrected chi connectivity index (χ0v) is 12.5. The van der Waals surface area contributed by atoms with E-state index >= 15 is 0 Å². The number of nitrogens with zero attached hydrogens (tertiary/aromatic N) is 1. The summed E-state index contributed by atoms with van der Waals surface area (Å²) in [5.41, 5.74) is 5.56. The number of carbonyl (C=O) groups excluding carboxylic acids is 1. The van der Waals surface area contributed by atoms with Gasteiger partial charge in [-0.05, 0) is 44.0 Å². The van der Waals surface area contributed by atoms with Crippen molar-refractivity contribution >= 4 is 16.7 Å². The molecule has 2 heteroatoms. The molecule has 0 N–H and O–H groups in total. The van der Waals surface area contributed by atoms with Gasteiger partial charge in [0, 0.05) is 22.7 Å². The number of aromatic nitrogens is 1. The minimum Gasteiger partial charge on any atom is -0.289 e. The number of para-hydroxylation sites is 1. The van der Waals surface area contributed by atoms with E-state index in [-0.39, 0.29) is 5.78 Å². The van der Waals surface area contributed by atoms with Crippen LogP contribution in [0.3, 0.4) is 0 Å². The average molecular weight is 275 g/mol. The highest BCUT2D eigenvalue weighted by Crippen LogP contribution is 2.21. The smallest absolute Gasteiger partial charge is 0.195 e.